The molecule has 2 fully saturated rings. The number of nitrogens with one attached hydrogen (secondary N) is 1. The van der Waals surface area contributed by atoms with E-state index in [2.05, 4.69) is 5.32 Å². The molecule has 1 amide bonds. The molecule has 4 heteroatoms. The number of benzene rings is 1. The lowest BCUT2D eigenvalue weighted by atomic mass is 9.84. The molecule has 21 heavy (non-hydrogen) atoms. The van der Waals surface area contributed by atoms with Crippen molar-refractivity contribution in [1.82, 2.24) is 5.32 Å². The fourth-order valence-corrected chi connectivity index (χ4v) is 4.04. The summed E-state index contributed by atoms with van der Waals surface area (Å²) >= 11 is 0. The quantitative estimate of drug-likeness (QED) is 0.893. The molecule has 2 saturated carbocycles. The van der Waals surface area contributed by atoms with Crippen molar-refractivity contribution in [3.63, 3.8) is 0 Å². The molecule has 5 unspecified atom stereocenters. The Hall–Kier alpha value is -1.84. The van der Waals surface area contributed by atoms with E-state index in [-0.39, 0.29) is 23.8 Å². The first-order valence-electron chi connectivity index (χ1n) is 7.66. The Morgan fingerprint density at radius 1 is 1.19 bits per heavy atom. The summed E-state index contributed by atoms with van der Waals surface area (Å²) < 4.78 is 0. The molecule has 5 atom stereocenters. The van der Waals surface area contributed by atoms with Crippen LogP contribution in [0.1, 0.15) is 37.7 Å². The molecule has 4 nitrogen and oxygen atoms in total. The standard InChI is InChI=1S/C17H21NO3/c1-10(11-5-3-2-4-6-11)16(19)18-15-13-8-7-12(9-13)14(15)17(20)21/h2-6,10,12-15H,7-9H2,1H3,(H,18,19)(H,20,21). The predicted molar refractivity (Wildman–Crippen MR) is 78.7 cm³/mol. The van der Waals surface area contributed by atoms with Gasteiger partial charge in [0.1, 0.15) is 0 Å². The zero-order valence-corrected chi connectivity index (χ0v) is 12.2. The number of carbonyl (C=O) groups is 2. The second kappa shape index (κ2) is 5.51. The molecular formula is C17H21NO3. The third-order valence-corrected chi connectivity index (χ3v) is 5.20. The van der Waals surface area contributed by atoms with Gasteiger partial charge >= 0.3 is 5.97 Å². The number of carbonyl (C=O) groups excluding carboxylic acids is 1. The van der Waals surface area contributed by atoms with E-state index in [4.69, 9.17) is 0 Å². The van der Waals surface area contributed by atoms with Gasteiger partial charge in [0.25, 0.3) is 0 Å². The van der Waals surface area contributed by atoms with Gasteiger partial charge in [-0.3, -0.25) is 9.59 Å². The molecule has 2 N–H and O–H groups in total. The highest BCUT2D eigenvalue weighted by Crippen LogP contribution is 2.48. The third kappa shape index (κ3) is 2.55. The van der Waals surface area contributed by atoms with Crippen LogP contribution >= 0.6 is 0 Å². The molecule has 2 aliphatic carbocycles. The van der Waals surface area contributed by atoms with Gasteiger partial charge in [-0.2, -0.15) is 0 Å². The smallest absolute Gasteiger partial charge is 0.308 e. The fraction of sp³-hybridized carbons (Fsp3) is 0.529. The van der Waals surface area contributed by atoms with E-state index in [0.29, 0.717) is 5.92 Å². The van der Waals surface area contributed by atoms with Crippen LogP contribution in [-0.2, 0) is 9.59 Å². The van der Waals surface area contributed by atoms with Gasteiger partial charge in [-0.05, 0) is 43.6 Å². The molecule has 0 radical (unpaired) electrons. The van der Waals surface area contributed by atoms with Crippen molar-refractivity contribution in [2.45, 2.75) is 38.1 Å². The molecule has 0 aliphatic heterocycles. The molecule has 2 bridgehead atoms. The summed E-state index contributed by atoms with van der Waals surface area (Å²) in [6, 6.07) is 9.41. The van der Waals surface area contributed by atoms with Gasteiger partial charge < -0.3 is 10.4 Å². The zero-order valence-electron chi connectivity index (χ0n) is 12.2. The molecule has 0 aromatic heterocycles. The first kappa shape index (κ1) is 14.1. The topological polar surface area (TPSA) is 66.4 Å². The van der Waals surface area contributed by atoms with Gasteiger partial charge in [0, 0.05) is 6.04 Å². The van der Waals surface area contributed by atoms with E-state index in [1.165, 1.54) is 0 Å². The van der Waals surface area contributed by atoms with Crippen molar-refractivity contribution in [3.05, 3.63) is 35.9 Å². The lowest BCUT2D eigenvalue weighted by molar-refractivity contribution is -0.144. The number of hydrogen-bond acceptors (Lipinski definition) is 2. The molecule has 0 heterocycles. The van der Waals surface area contributed by atoms with Crippen molar-refractivity contribution >= 4 is 11.9 Å². The summed E-state index contributed by atoms with van der Waals surface area (Å²) in [6.45, 7) is 1.87. The van der Waals surface area contributed by atoms with Crippen LogP contribution in [0.4, 0.5) is 0 Å². The van der Waals surface area contributed by atoms with Crippen molar-refractivity contribution in [3.8, 4) is 0 Å². The van der Waals surface area contributed by atoms with Crippen LogP contribution in [0.3, 0.4) is 0 Å². The van der Waals surface area contributed by atoms with Gasteiger partial charge in [-0.1, -0.05) is 30.3 Å². The highest BCUT2D eigenvalue weighted by molar-refractivity contribution is 5.84. The maximum atomic E-state index is 12.4. The van der Waals surface area contributed by atoms with Crippen molar-refractivity contribution < 1.29 is 14.7 Å². The largest absolute Gasteiger partial charge is 0.481 e. The molecule has 3 rings (SSSR count). The summed E-state index contributed by atoms with van der Waals surface area (Å²) in [4.78, 5) is 23.9. The normalized spacial score (nSPS) is 31.9. The SMILES string of the molecule is CC(C(=O)NC1C2CCC(C2)C1C(=O)O)c1ccccc1. The summed E-state index contributed by atoms with van der Waals surface area (Å²) in [7, 11) is 0. The van der Waals surface area contributed by atoms with E-state index in [1.807, 2.05) is 37.3 Å². The Balaban J connectivity index is 1.71. The first-order valence-corrected chi connectivity index (χ1v) is 7.66. The van der Waals surface area contributed by atoms with Crippen LogP contribution in [0.25, 0.3) is 0 Å². The molecule has 2 aliphatic rings. The second-order valence-electron chi connectivity index (χ2n) is 6.36. The Kier molecular flexibility index (Phi) is 3.70. The summed E-state index contributed by atoms with van der Waals surface area (Å²) in [6.07, 6.45) is 2.98. The van der Waals surface area contributed by atoms with Crippen LogP contribution in [0.15, 0.2) is 30.3 Å². The van der Waals surface area contributed by atoms with Gasteiger partial charge in [0.15, 0.2) is 0 Å². The Bertz CT molecular complexity index is 542. The highest BCUT2D eigenvalue weighted by Gasteiger charge is 2.51. The molecule has 1 aromatic rings. The Morgan fingerprint density at radius 2 is 1.86 bits per heavy atom. The van der Waals surface area contributed by atoms with E-state index < -0.39 is 11.9 Å². The average Bonchev–Trinajstić information content (AvgIpc) is 3.08. The van der Waals surface area contributed by atoms with E-state index in [9.17, 15) is 14.7 Å². The Morgan fingerprint density at radius 3 is 2.52 bits per heavy atom. The fourth-order valence-electron chi connectivity index (χ4n) is 4.04. The minimum atomic E-state index is -0.764. The second-order valence-corrected chi connectivity index (χ2v) is 6.36. The summed E-state index contributed by atoms with van der Waals surface area (Å²) in [5.74, 6) is -0.909. The maximum absolute atomic E-state index is 12.4. The van der Waals surface area contributed by atoms with Crippen LogP contribution in [0.2, 0.25) is 0 Å². The van der Waals surface area contributed by atoms with Crippen LogP contribution < -0.4 is 5.32 Å². The third-order valence-electron chi connectivity index (χ3n) is 5.20. The minimum absolute atomic E-state index is 0.0648. The lowest BCUT2D eigenvalue weighted by Crippen LogP contribution is -2.47. The van der Waals surface area contributed by atoms with Gasteiger partial charge in [0.2, 0.25) is 5.91 Å². The summed E-state index contributed by atoms with van der Waals surface area (Å²) in [5.41, 5.74) is 0.963. The summed E-state index contributed by atoms with van der Waals surface area (Å²) in [5, 5.41) is 12.4. The number of fused-ring (bicyclic) bond motifs is 2. The molecule has 0 spiro atoms. The molecule has 112 valence electrons. The zero-order chi connectivity index (χ0) is 15.0. The van der Waals surface area contributed by atoms with Crippen LogP contribution in [0, 0.1) is 17.8 Å². The van der Waals surface area contributed by atoms with E-state index in [1.54, 1.807) is 0 Å². The Labute approximate surface area is 124 Å². The maximum Gasteiger partial charge on any atom is 0.308 e. The first-order chi connectivity index (χ1) is 10.1. The highest BCUT2D eigenvalue weighted by atomic mass is 16.4. The number of rotatable bonds is 4. The molecular weight excluding hydrogens is 266 g/mol. The monoisotopic (exact) mass is 287 g/mol. The van der Waals surface area contributed by atoms with Crippen molar-refractivity contribution in [2.24, 2.45) is 17.8 Å². The average molecular weight is 287 g/mol. The van der Waals surface area contributed by atoms with Crippen LogP contribution in [-0.4, -0.2) is 23.0 Å². The van der Waals surface area contributed by atoms with Crippen LogP contribution in [0.5, 0.6) is 0 Å². The van der Waals surface area contributed by atoms with E-state index in [0.717, 1.165) is 24.8 Å². The molecule has 1 aromatic carbocycles. The van der Waals surface area contributed by atoms with Crippen molar-refractivity contribution in [2.75, 3.05) is 0 Å². The predicted octanol–water partition coefficient (Wildman–Crippen LogP) is 2.41. The minimum Gasteiger partial charge on any atom is -0.481 e. The lowest BCUT2D eigenvalue weighted by Gasteiger charge is -2.30. The number of carboxylic acids is 1. The number of hydrogen-bond donors (Lipinski definition) is 2. The number of amides is 1. The number of carboxylic acid groups (broad SMARTS) is 1. The van der Waals surface area contributed by atoms with Gasteiger partial charge in [-0.15, -0.1) is 0 Å². The van der Waals surface area contributed by atoms with Gasteiger partial charge in [0.05, 0.1) is 11.8 Å². The van der Waals surface area contributed by atoms with Gasteiger partial charge in [-0.25, -0.2) is 0 Å². The van der Waals surface area contributed by atoms with E-state index >= 15 is 0 Å². The van der Waals surface area contributed by atoms with Crippen molar-refractivity contribution in [1.29, 1.82) is 0 Å². The number of aliphatic carboxylic acids is 1. The molecule has 0 saturated heterocycles.